The molecule has 0 radical (unpaired) electrons. The minimum atomic E-state index is -0.645. The highest BCUT2D eigenvalue weighted by atomic mass is 35.5. The fourth-order valence-corrected chi connectivity index (χ4v) is 1.81. The molecular weight excluding hydrogens is 262 g/mol. The normalized spacial score (nSPS) is 12.3. The summed E-state index contributed by atoms with van der Waals surface area (Å²) in [5.41, 5.74) is 8.09. The Balaban J connectivity index is 1.82. The number of rotatable bonds is 5. The van der Waals surface area contributed by atoms with Gasteiger partial charge in [0.25, 0.3) is 0 Å². The molecule has 0 saturated carbocycles. The van der Waals surface area contributed by atoms with Gasteiger partial charge < -0.3 is 15.6 Å². The number of nitrogens with two attached hydrogens (primary N) is 1. The quantitative estimate of drug-likeness (QED) is 0.826. The van der Waals surface area contributed by atoms with Gasteiger partial charge in [0.15, 0.2) is 0 Å². The summed E-state index contributed by atoms with van der Waals surface area (Å²) in [5.74, 6) is 0. The van der Waals surface area contributed by atoms with Crippen molar-refractivity contribution in [1.29, 1.82) is 0 Å². The number of aliphatic hydroxyl groups excluding tert-OH is 1. The molecule has 4 heteroatoms. The first-order valence-corrected chi connectivity index (χ1v) is 6.38. The van der Waals surface area contributed by atoms with Crippen LogP contribution in [-0.2, 0) is 11.3 Å². The zero-order valence-corrected chi connectivity index (χ0v) is 11.2. The number of hydrogen-bond acceptors (Lipinski definition) is 3. The van der Waals surface area contributed by atoms with Crippen LogP contribution in [-0.4, -0.2) is 11.7 Å². The van der Waals surface area contributed by atoms with Crippen molar-refractivity contribution in [2.75, 3.05) is 12.3 Å². The first-order valence-electron chi connectivity index (χ1n) is 6.01. The Kier molecular flexibility index (Phi) is 4.80. The highest BCUT2D eigenvalue weighted by Gasteiger charge is 2.07. The van der Waals surface area contributed by atoms with Crippen LogP contribution in [0.5, 0.6) is 0 Å². The molecule has 1 atom stereocenters. The molecular formula is C15H16ClNO2. The van der Waals surface area contributed by atoms with Gasteiger partial charge >= 0.3 is 0 Å². The average Bonchev–Trinajstić information content (AvgIpc) is 2.41. The molecule has 3 nitrogen and oxygen atoms in total. The number of anilines is 1. The molecule has 0 aromatic heterocycles. The van der Waals surface area contributed by atoms with E-state index in [9.17, 15) is 5.11 Å². The Morgan fingerprint density at radius 1 is 1.05 bits per heavy atom. The second-order valence-corrected chi connectivity index (χ2v) is 4.76. The molecule has 2 rings (SSSR count). The standard InChI is InChI=1S/C15H16ClNO2/c16-13-5-1-11(2-6-13)9-19-10-15(18)12-3-7-14(17)8-4-12/h1-8,15,18H,9-10,17H2. The Morgan fingerprint density at radius 2 is 1.68 bits per heavy atom. The lowest BCUT2D eigenvalue weighted by Gasteiger charge is -2.12. The summed E-state index contributed by atoms with van der Waals surface area (Å²) in [5, 5.41) is 10.6. The van der Waals surface area contributed by atoms with Crippen LogP contribution in [0.15, 0.2) is 48.5 Å². The van der Waals surface area contributed by atoms with Gasteiger partial charge in [-0.15, -0.1) is 0 Å². The second-order valence-electron chi connectivity index (χ2n) is 4.32. The van der Waals surface area contributed by atoms with Gasteiger partial charge in [-0.05, 0) is 35.4 Å². The second kappa shape index (κ2) is 6.57. The Hall–Kier alpha value is -1.55. The molecule has 0 bridgehead atoms. The van der Waals surface area contributed by atoms with Crippen molar-refractivity contribution in [1.82, 2.24) is 0 Å². The molecule has 0 fully saturated rings. The third kappa shape index (κ3) is 4.24. The molecule has 3 N–H and O–H groups in total. The van der Waals surface area contributed by atoms with Gasteiger partial charge in [-0.25, -0.2) is 0 Å². The maximum Gasteiger partial charge on any atom is 0.102 e. The van der Waals surface area contributed by atoms with E-state index in [0.29, 0.717) is 17.3 Å². The van der Waals surface area contributed by atoms with E-state index in [1.54, 1.807) is 24.3 Å². The lowest BCUT2D eigenvalue weighted by atomic mass is 10.1. The van der Waals surface area contributed by atoms with E-state index in [4.69, 9.17) is 22.1 Å². The van der Waals surface area contributed by atoms with Crippen LogP contribution in [0.3, 0.4) is 0 Å². The van der Waals surface area contributed by atoms with Gasteiger partial charge in [0.1, 0.15) is 6.10 Å². The number of hydrogen-bond donors (Lipinski definition) is 2. The van der Waals surface area contributed by atoms with E-state index in [1.807, 2.05) is 24.3 Å². The summed E-state index contributed by atoms with van der Waals surface area (Å²) in [7, 11) is 0. The monoisotopic (exact) mass is 277 g/mol. The van der Waals surface area contributed by atoms with E-state index < -0.39 is 6.10 Å². The predicted octanol–water partition coefficient (Wildman–Crippen LogP) is 3.17. The van der Waals surface area contributed by atoms with Crippen molar-refractivity contribution in [3.8, 4) is 0 Å². The zero-order valence-electron chi connectivity index (χ0n) is 10.4. The van der Waals surface area contributed by atoms with Crippen LogP contribution >= 0.6 is 11.6 Å². The number of ether oxygens (including phenoxy) is 1. The molecule has 2 aromatic rings. The largest absolute Gasteiger partial charge is 0.399 e. The molecule has 0 amide bonds. The SMILES string of the molecule is Nc1ccc(C(O)COCc2ccc(Cl)cc2)cc1. The molecule has 0 aliphatic rings. The maximum absolute atomic E-state index is 9.95. The predicted molar refractivity (Wildman–Crippen MR) is 76.9 cm³/mol. The summed E-state index contributed by atoms with van der Waals surface area (Å²) in [4.78, 5) is 0. The molecule has 0 heterocycles. The zero-order chi connectivity index (χ0) is 13.7. The van der Waals surface area contributed by atoms with Crippen molar-refractivity contribution >= 4 is 17.3 Å². The van der Waals surface area contributed by atoms with E-state index in [1.165, 1.54) is 0 Å². The molecule has 100 valence electrons. The minimum Gasteiger partial charge on any atom is -0.399 e. The number of benzene rings is 2. The van der Waals surface area contributed by atoms with Crippen molar-refractivity contribution in [3.63, 3.8) is 0 Å². The van der Waals surface area contributed by atoms with E-state index in [-0.39, 0.29) is 6.61 Å². The number of halogens is 1. The Morgan fingerprint density at radius 3 is 2.32 bits per heavy atom. The van der Waals surface area contributed by atoms with Crippen LogP contribution in [0.25, 0.3) is 0 Å². The Bertz CT molecular complexity index is 511. The van der Waals surface area contributed by atoms with Crippen molar-refractivity contribution < 1.29 is 9.84 Å². The summed E-state index contributed by atoms with van der Waals surface area (Å²) in [6, 6.07) is 14.6. The summed E-state index contributed by atoms with van der Waals surface area (Å²) < 4.78 is 5.48. The molecule has 0 aliphatic carbocycles. The first kappa shape index (κ1) is 13.9. The van der Waals surface area contributed by atoms with Crippen LogP contribution in [0.1, 0.15) is 17.2 Å². The van der Waals surface area contributed by atoms with Gasteiger partial charge in [0.05, 0.1) is 13.2 Å². The van der Waals surface area contributed by atoms with Gasteiger partial charge in [-0.2, -0.15) is 0 Å². The third-order valence-electron chi connectivity index (χ3n) is 2.78. The van der Waals surface area contributed by atoms with Crippen LogP contribution < -0.4 is 5.73 Å². The van der Waals surface area contributed by atoms with E-state index in [2.05, 4.69) is 0 Å². The van der Waals surface area contributed by atoms with Crippen LogP contribution in [0.2, 0.25) is 5.02 Å². The lowest BCUT2D eigenvalue weighted by Crippen LogP contribution is -2.07. The maximum atomic E-state index is 9.95. The topological polar surface area (TPSA) is 55.5 Å². The molecule has 19 heavy (non-hydrogen) atoms. The van der Waals surface area contributed by atoms with Crippen molar-refractivity contribution in [2.45, 2.75) is 12.7 Å². The molecule has 1 unspecified atom stereocenters. The van der Waals surface area contributed by atoms with Crippen LogP contribution in [0.4, 0.5) is 5.69 Å². The third-order valence-corrected chi connectivity index (χ3v) is 3.03. The Labute approximate surface area is 117 Å². The smallest absolute Gasteiger partial charge is 0.102 e. The highest BCUT2D eigenvalue weighted by Crippen LogP contribution is 2.16. The minimum absolute atomic E-state index is 0.243. The molecule has 2 aromatic carbocycles. The summed E-state index contributed by atoms with van der Waals surface area (Å²) in [6.45, 7) is 0.690. The lowest BCUT2D eigenvalue weighted by molar-refractivity contribution is 0.0277. The van der Waals surface area contributed by atoms with Gasteiger partial charge in [-0.3, -0.25) is 0 Å². The van der Waals surface area contributed by atoms with E-state index in [0.717, 1.165) is 11.1 Å². The van der Waals surface area contributed by atoms with Crippen LogP contribution in [0, 0.1) is 0 Å². The number of aliphatic hydroxyl groups is 1. The molecule has 0 saturated heterocycles. The number of nitrogen functional groups attached to an aromatic ring is 1. The first-order chi connectivity index (χ1) is 9.15. The van der Waals surface area contributed by atoms with E-state index >= 15 is 0 Å². The molecule has 0 aliphatic heterocycles. The van der Waals surface area contributed by atoms with Gasteiger partial charge in [0.2, 0.25) is 0 Å². The fraction of sp³-hybridized carbons (Fsp3) is 0.200. The van der Waals surface area contributed by atoms with Gasteiger partial charge in [0, 0.05) is 10.7 Å². The summed E-state index contributed by atoms with van der Waals surface area (Å²) in [6.07, 6.45) is -0.645. The average molecular weight is 278 g/mol. The van der Waals surface area contributed by atoms with Gasteiger partial charge in [-0.1, -0.05) is 35.9 Å². The van der Waals surface area contributed by atoms with Crippen molar-refractivity contribution in [3.05, 3.63) is 64.7 Å². The molecule has 0 spiro atoms. The highest BCUT2D eigenvalue weighted by molar-refractivity contribution is 6.30. The summed E-state index contributed by atoms with van der Waals surface area (Å²) >= 11 is 5.80. The van der Waals surface area contributed by atoms with Crippen molar-refractivity contribution in [2.24, 2.45) is 0 Å². The fourth-order valence-electron chi connectivity index (χ4n) is 1.68.